The molecule has 0 saturated carbocycles. The number of hydrogen-bond donors (Lipinski definition) is 2. The Labute approximate surface area is 106 Å². The first-order valence-corrected chi connectivity index (χ1v) is 5.50. The summed E-state index contributed by atoms with van der Waals surface area (Å²) in [4.78, 5) is 0. The van der Waals surface area contributed by atoms with Crippen molar-refractivity contribution in [3.05, 3.63) is 35.4 Å². The first kappa shape index (κ1) is 15.2. The highest BCUT2D eigenvalue weighted by molar-refractivity contribution is 6.18. The van der Waals surface area contributed by atoms with E-state index in [0.29, 0.717) is 18.2 Å². The van der Waals surface area contributed by atoms with Gasteiger partial charge in [0.05, 0.1) is 5.88 Å². The second-order valence-corrected chi connectivity index (χ2v) is 4.18. The van der Waals surface area contributed by atoms with Gasteiger partial charge in [-0.25, -0.2) is 17.6 Å². The van der Waals surface area contributed by atoms with Crippen molar-refractivity contribution < 1.29 is 27.8 Å². The summed E-state index contributed by atoms with van der Waals surface area (Å²) in [7, 11) is 0. The van der Waals surface area contributed by atoms with E-state index < -0.39 is 40.7 Å². The summed E-state index contributed by atoms with van der Waals surface area (Å²) in [5.41, 5.74) is -4.00. The molecule has 0 spiro atoms. The van der Waals surface area contributed by atoms with E-state index in [0.717, 1.165) is 6.92 Å². The number of aliphatic hydroxyl groups excluding tert-OH is 1. The molecule has 2 N–H and O–H groups in total. The van der Waals surface area contributed by atoms with Gasteiger partial charge < -0.3 is 10.2 Å². The van der Waals surface area contributed by atoms with Gasteiger partial charge in [-0.2, -0.15) is 0 Å². The van der Waals surface area contributed by atoms with E-state index in [1.54, 1.807) is 0 Å². The van der Waals surface area contributed by atoms with E-state index in [2.05, 4.69) is 0 Å². The molecule has 0 heterocycles. The summed E-state index contributed by atoms with van der Waals surface area (Å²) in [6, 6.07) is 1.74. The second-order valence-electron chi connectivity index (χ2n) is 3.92. The van der Waals surface area contributed by atoms with Crippen molar-refractivity contribution >= 4 is 11.6 Å². The molecular formula is C11H11ClF4O2. The summed E-state index contributed by atoms with van der Waals surface area (Å²) in [6.45, 7) is 0.735. The monoisotopic (exact) mass is 286 g/mol. The molecule has 0 saturated heterocycles. The maximum Gasteiger partial charge on any atom is 0.306 e. The molecule has 0 bridgehead atoms. The number of aliphatic hydroxyl groups is 2. The fourth-order valence-corrected chi connectivity index (χ4v) is 1.83. The predicted molar refractivity (Wildman–Crippen MR) is 57.6 cm³/mol. The van der Waals surface area contributed by atoms with Crippen molar-refractivity contribution in [2.24, 2.45) is 0 Å². The van der Waals surface area contributed by atoms with Crippen LogP contribution >= 0.6 is 11.6 Å². The molecule has 1 rings (SSSR count). The minimum absolute atomic E-state index is 0.352. The summed E-state index contributed by atoms with van der Waals surface area (Å²) in [5.74, 6) is -7.49. The average Bonchev–Trinajstić information content (AvgIpc) is 2.27. The molecule has 0 aliphatic heterocycles. The topological polar surface area (TPSA) is 40.5 Å². The number of benzene rings is 1. The lowest BCUT2D eigenvalue weighted by Crippen LogP contribution is -2.53. The van der Waals surface area contributed by atoms with E-state index in [-0.39, 0.29) is 0 Å². The third-order valence-electron chi connectivity index (χ3n) is 2.65. The van der Waals surface area contributed by atoms with Gasteiger partial charge in [-0.1, -0.05) is 6.07 Å². The molecule has 18 heavy (non-hydrogen) atoms. The van der Waals surface area contributed by atoms with Gasteiger partial charge in [0.2, 0.25) is 0 Å². The molecule has 2 nitrogen and oxygen atoms in total. The zero-order valence-corrected chi connectivity index (χ0v) is 10.1. The van der Waals surface area contributed by atoms with Crippen LogP contribution in [-0.2, 0) is 5.60 Å². The van der Waals surface area contributed by atoms with E-state index in [9.17, 15) is 22.7 Å². The van der Waals surface area contributed by atoms with Crippen LogP contribution < -0.4 is 0 Å². The molecule has 0 fully saturated rings. The molecule has 1 aromatic rings. The van der Waals surface area contributed by atoms with Crippen LogP contribution in [0.3, 0.4) is 0 Å². The second kappa shape index (κ2) is 5.03. The SMILES string of the molecule is CC(O)C(F)(F)C(O)(CCl)c1ccc(F)cc1F. The highest BCUT2D eigenvalue weighted by Gasteiger charge is 2.57. The van der Waals surface area contributed by atoms with Crippen LogP contribution in [0.25, 0.3) is 0 Å². The lowest BCUT2D eigenvalue weighted by Gasteiger charge is -2.36. The third-order valence-corrected chi connectivity index (χ3v) is 3.03. The van der Waals surface area contributed by atoms with Crippen molar-refractivity contribution in [1.29, 1.82) is 0 Å². The Morgan fingerprint density at radius 3 is 2.28 bits per heavy atom. The molecule has 2 atom stereocenters. The quantitative estimate of drug-likeness (QED) is 0.659. The third kappa shape index (κ3) is 2.32. The summed E-state index contributed by atoms with van der Waals surface area (Å²) >= 11 is 5.28. The molecule has 7 heteroatoms. The molecule has 0 aromatic heterocycles. The van der Waals surface area contributed by atoms with Crippen LogP contribution in [0, 0.1) is 11.6 Å². The maximum absolute atomic E-state index is 13.7. The van der Waals surface area contributed by atoms with Crippen molar-refractivity contribution in [3.63, 3.8) is 0 Å². The van der Waals surface area contributed by atoms with E-state index in [1.807, 2.05) is 0 Å². The minimum Gasteiger partial charge on any atom is -0.387 e. The Balaban J connectivity index is 3.40. The van der Waals surface area contributed by atoms with Gasteiger partial charge in [0.1, 0.15) is 17.7 Å². The van der Waals surface area contributed by atoms with Crippen LogP contribution in [0.2, 0.25) is 0 Å². The van der Waals surface area contributed by atoms with E-state index in [4.69, 9.17) is 16.7 Å². The lowest BCUT2D eigenvalue weighted by molar-refractivity contribution is -0.224. The smallest absolute Gasteiger partial charge is 0.306 e. The molecule has 2 unspecified atom stereocenters. The number of hydrogen-bond acceptors (Lipinski definition) is 2. The summed E-state index contributed by atoms with van der Waals surface area (Å²) < 4.78 is 53.6. The molecule has 0 amide bonds. The Morgan fingerprint density at radius 1 is 1.33 bits per heavy atom. The van der Waals surface area contributed by atoms with Crippen molar-refractivity contribution in [2.75, 3.05) is 5.88 Å². The molecular weight excluding hydrogens is 276 g/mol. The number of rotatable bonds is 4. The van der Waals surface area contributed by atoms with Crippen molar-refractivity contribution in [3.8, 4) is 0 Å². The van der Waals surface area contributed by atoms with E-state index in [1.165, 1.54) is 0 Å². The molecule has 0 aliphatic rings. The van der Waals surface area contributed by atoms with Gasteiger partial charge in [-0.15, -0.1) is 11.6 Å². The highest BCUT2D eigenvalue weighted by Crippen LogP contribution is 2.42. The van der Waals surface area contributed by atoms with Crippen LogP contribution in [0.1, 0.15) is 12.5 Å². The van der Waals surface area contributed by atoms with Crippen molar-refractivity contribution in [1.82, 2.24) is 0 Å². The van der Waals surface area contributed by atoms with Gasteiger partial charge in [0.15, 0.2) is 5.60 Å². The van der Waals surface area contributed by atoms with Gasteiger partial charge in [-0.3, -0.25) is 0 Å². The summed E-state index contributed by atoms with van der Waals surface area (Å²) in [6.07, 6.45) is -2.26. The Hall–Kier alpha value is -0.850. The Bertz CT molecular complexity index is 439. The van der Waals surface area contributed by atoms with Crippen LogP contribution in [0.15, 0.2) is 18.2 Å². The van der Waals surface area contributed by atoms with Crippen LogP contribution in [-0.4, -0.2) is 28.1 Å². The first-order valence-electron chi connectivity index (χ1n) is 4.96. The zero-order valence-electron chi connectivity index (χ0n) is 9.30. The predicted octanol–water partition coefficient (Wildman–Crippen LogP) is 2.41. The van der Waals surface area contributed by atoms with Crippen molar-refractivity contribution in [2.45, 2.75) is 24.6 Å². The lowest BCUT2D eigenvalue weighted by atomic mass is 9.86. The summed E-state index contributed by atoms with van der Waals surface area (Å²) in [5, 5.41) is 18.8. The van der Waals surface area contributed by atoms with Crippen LogP contribution in [0.4, 0.5) is 17.6 Å². The molecule has 0 radical (unpaired) electrons. The van der Waals surface area contributed by atoms with Gasteiger partial charge in [0, 0.05) is 11.6 Å². The first-order chi connectivity index (χ1) is 8.16. The highest BCUT2D eigenvalue weighted by atomic mass is 35.5. The normalized spacial score (nSPS) is 17.3. The number of halogens is 5. The minimum atomic E-state index is -4.09. The fourth-order valence-electron chi connectivity index (χ4n) is 1.51. The largest absolute Gasteiger partial charge is 0.387 e. The molecule has 1 aromatic carbocycles. The van der Waals surface area contributed by atoms with Gasteiger partial charge in [0.25, 0.3) is 0 Å². The average molecular weight is 287 g/mol. The van der Waals surface area contributed by atoms with E-state index >= 15 is 0 Å². The maximum atomic E-state index is 13.7. The standard InChI is InChI=1S/C11H11ClF4O2/c1-6(17)11(15,16)10(18,5-12)8-3-2-7(13)4-9(8)14/h2-4,6,17-18H,5H2,1H3. The Kier molecular flexibility index (Phi) is 4.25. The Morgan fingerprint density at radius 2 is 1.89 bits per heavy atom. The molecule has 0 aliphatic carbocycles. The van der Waals surface area contributed by atoms with Crippen LogP contribution in [0.5, 0.6) is 0 Å². The fraction of sp³-hybridized carbons (Fsp3) is 0.455. The zero-order chi connectivity index (χ0) is 14.1. The van der Waals surface area contributed by atoms with Gasteiger partial charge >= 0.3 is 5.92 Å². The molecule has 102 valence electrons. The number of alkyl halides is 3. The van der Waals surface area contributed by atoms with Gasteiger partial charge in [-0.05, 0) is 13.0 Å².